The van der Waals surface area contributed by atoms with Crippen molar-refractivity contribution in [3.63, 3.8) is 0 Å². The fourth-order valence-corrected chi connectivity index (χ4v) is 10.1. The molecule has 0 aliphatic carbocycles. The first kappa shape index (κ1) is 50.9. The number of hydrazine groups is 1. The molecule has 0 spiro atoms. The average Bonchev–Trinajstić information content (AvgIpc) is 4.07. The third kappa shape index (κ3) is 10.4. The molecule has 4 amide bonds. The highest BCUT2D eigenvalue weighted by molar-refractivity contribution is 7.93. The van der Waals surface area contributed by atoms with Gasteiger partial charge in [-0.1, -0.05) is 24.3 Å². The molecular formula is C49H53F3N14O7S. The van der Waals surface area contributed by atoms with Crippen LogP contribution >= 0.6 is 0 Å². The third-order valence-corrected chi connectivity index (χ3v) is 14.3. The summed E-state index contributed by atoms with van der Waals surface area (Å²) >= 11 is 0. The molecule has 74 heavy (non-hydrogen) atoms. The van der Waals surface area contributed by atoms with Gasteiger partial charge in [-0.15, -0.1) is 0 Å². The number of hydrogen-bond donors (Lipinski definition) is 6. The molecule has 9 N–H and O–H groups in total. The number of imide groups is 2. The molecule has 6 aromatic rings. The Balaban J connectivity index is 0.809. The highest BCUT2D eigenvalue weighted by Crippen LogP contribution is 2.41. The van der Waals surface area contributed by atoms with Crippen LogP contribution in [0.5, 0.6) is 5.75 Å². The second-order valence-corrected chi connectivity index (χ2v) is 19.9. The van der Waals surface area contributed by atoms with E-state index in [1.807, 2.05) is 15.6 Å². The molecule has 1 unspecified atom stereocenters. The van der Waals surface area contributed by atoms with E-state index in [0.717, 1.165) is 36.4 Å². The normalized spacial score (nSPS) is 17.3. The number of sulfonamides is 1. The van der Waals surface area contributed by atoms with Gasteiger partial charge >= 0.3 is 5.76 Å². The van der Waals surface area contributed by atoms with Crippen molar-refractivity contribution in [1.82, 2.24) is 44.7 Å². The number of hydrogen-bond acceptors (Lipinski definition) is 16. The van der Waals surface area contributed by atoms with E-state index < -0.39 is 57.4 Å². The number of fused-ring (bicyclic) bond motifs is 2. The van der Waals surface area contributed by atoms with Crippen molar-refractivity contribution in [2.45, 2.75) is 63.0 Å². The molecule has 3 aromatic carbocycles. The van der Waals surface area contributed by atoms with Gasteiger partial charge in [0.1, 0.15) is 35.2 Å². The van der Waals surface area contributed by atoms with E-state index in [4.69, 9.17) is 32.2 Å². The highest BCUT2D eigenvalue weighted by atomic mass is 32.2. The number of nitrogens with one attached hydrogen (secondary N) is 3. The lowest BCUT2D eigenvalue weighted by Gasteiger charge is -2.32. The van der Waals surface area contributed by atoms with Crippen LogP contribution in [0.2, 0.25) is 0 Å². The summed E-state index contributed by atoms with van der Waals surface area (Å²) < 4.78 is 76.8. The number of amides is 4. The van der Waals surface area contributed by atoms with E-state index in [1.165, 1.54) is 53.5 Å². The van der Waals surface area contributed by atoms with E-state index in [-0.39, 0.29) is 47.3 Å². The van der Waals surface area contributed by atoms with Gasteiger partial charge in [-0.25, -0.2) is 23.6 Å². The number of alkyl halides is 2. The molecule has 21 nitrogen and oxygen atoms in total. The number of nitrogens with zero attached hydrogens (tertiary/aromatic N) is 8. The predicted octanol–water partition coefficient (Wildman–Crippen LogP) is 4.84. The number of piperidine rings is 2. The molecule has 0 radical (unpaired) electrons. The number of anilines is 3. The molecule has 3 aliphatic heterocycles. The Bertz CT molecular complexity index is 3310. The van der Waals surface area contributed by atoms with E-state index in [1.54, 1.807) is 49.4 Å². The van der Waals surface area contributed by atoms with Gasteiger partial charge in [0.15, 0.2) is 0 Å². The van der Waals surface area contributed by atoms with Gasteiger partial charge in [0.2, 0.25) is 11.8 Å². The van der Waals surface area contributed by atoms with Gasteiger partial charge in [0.05, 0.1) is 46.5 Å². The number of aromatic nitrogens is 5. The second-order valence-electron chi connectivity index (χ2n) is 18.3. The Morgan fingerprint density at radius 2 is 1.74 bits per heavy atom. The van der Waals surface area contributed by atoms with Gasteiger partial charge in [-0.3, -0.25) is 43.5 Å². The van der Waals surface area contributed by atoms with Gasteiger partial charge in [-0.05, 0) is 68.1 Å². The summed E-state index contributed by atoms with van der Waals surface area (Å²) in [5.74, 6) is -0.144. The van der Waals surface area contributed by atoms with Crippen molar-refractivity contribution >= 4 is 61.7 Å². The van der Waals surface area contributed by atoms with Gasteiger partial charge in [0.25, 0.3) is 21.8 Å². The van der Waals surface area contributed by atoms with E-state index in [2.05, 4.69) is 20.5 Å². The number of benzene rings is 3. The first-order chi connectivity index (χ1) is 35.4. The molecular weight excluding hydrogens is 986 g/mol. The van der Waals surface area contributed by atoms with Crippen LogP contribution < -0.4 is 37.4 Å². The topological polar surface area (TPSA) is 284 Å². The summed E-state index contributed by atoms with van der Waals surface area (Å²) in [5, 5.41) is 16.8. The number of nitrogens with two attached hydrogens (primary N) is 3. The minimum atomic E-state index is -5.08. The summed E-state index contributed by atoms with van der Waals surface area (Å²) in [6.07, 6.45) is 8.55. The van der Waals surface area contributed by atoms with Crippen molar-refractivity contribution < 1.29 is 45.5 Å². The SMILES string of the molecule is C[C@H](Oc1cc(-c2nn(C)c3c(-c4cnn(C5CCN(CC/C(N)=C/N(N)CCNc6cccc7c6C(=O)N(C6CCC(=O)NC6=O)C7=O)CC5)c4)cnc(N)c23)ccc1NS(=O)(=O)C(F)F)c1ccc(F)cc1. The average molecular weight is 1040 g/mol. The molecule has 2 fully saturated rings. The zero-order chi connectivity index (χ0) is 52.6. The van der Waals surface area contributed by atoms with E-state index in [9.17, 15) is 40.8 Å². The lowest BCUT2D eigenvalue weighted by atomic mass is 10.0. The molecule has 9 rings (SSSR count). The van der Waals surface area contributed by atoms with Crippen molar-refractivity contribution in [2.75, 3.05) is 48.5 Å². The lowest BCUT2D eigenvalue weighted by molar-refractivity contribution is -0.136. The van der Waals surface area contributed by atoms with Crippen molar-refractivity contribution in [3.8, 4) is 28.1 Å². The number of carbonyl (C=O) groups excluding carboxylic acids is 4. The zero-order valence-corrected chi connectivity index (χ0v) is 41.0. The fraction of sp³-hybridized carbons (Fsp3) is 0.327. The number of aryl methyl sites for hydroxylation is 1. The van der Waals surface area contributed by atoms with E-state index >= 15 is 0 Å². The fourth-order valence-electron chi connectivity index (χ4n) is 9.49. The van der Waals surface area contributed by atoms with Crippen LogP contribution in [0.3, 0.4) is 0 Å². The first-order valence-corrected chi connectivity index (χ1v) is 25.2. The first-order valence-electron chi connectivity index (χ1n) is 23.7. The van der Waals surface area contributed by atoms with E-state index in [0.29, 0.717) is 70.7 Å². The summed E-state index contributed by atoms with van der Waals surface area (Å²) in [6, 6.07) is 13.6. The maximum absolute atomic E-state index is 13.7. The summed E-state index contributed by atoms with van der Waals surface area (Å²) in [5.41, 5.74) is 17.4. The quantitative estimate of drug-likeness (QED) is 0.0382. The van der Waals surface area contributed by atoms with Crippen LogP contribution in [0, 0.1) is 5.82 Å². The molecule has 6 heterocycles. The van der Waals surface area contributed by atoms with Crippen LogP contribution in [0.4, 0.5) is 30.4 Å². The molecule has 2 atom stereocenters. The van der Waals surface area contributed by atoms with Crippen LogP contribution in [-0.4, -0.2) is 116 Å². The van der Waals surface area contributed by atoms with Gasteiger partial charge in [0, 0.05) is 92.7 Å². The summed E-state index contributed by atoms with van der Waals surface area (Å²) in [4.78, 5) is 58.5. The third-order valence-electron chi connectivity index (χ3n) is 13.3. The number of nitrogen functional groups attached to an aromatic ring is 1. The van der Waals surface area contributed by atoms with Crippen LogP contribution in [-0.2, 0) is 26.7 Å². The Morgan fingerprint density at radius 3 is 2.47 bits per heavy atom. The second kappa shape index (κ2) is 20.8. The molecule has 0 bridgehead atoms. The van der Waals surface area contributed by atoms with Crippen LogP contribution in [0.1, 0.15) is 77.5 Å². The number of ether oxygens (including phenoxy) is 1. The zero-order valence-electron chi connectivity index (χ0n) is 40.2. The number of carbonyl (C=O) groups is 4. The maximum atomic E-state index is 13.7. The predicted molar refractivity (Wildman–Crippen MR) is 268 cm³/mol. The minimum Gasteiger partial charge on any atom is -0.484 e. The van der Waals surface area contributed by atoms with Gasteiger partial charge < -0.3 is 31.4 Å². The monoisotopic (exact) mass is 1040 g/mol. The molecule has 3 aromatic heterocycles. The number of rotatable bonds is 18. The Hall–Kier alpha value is -8.03. The van der Waals surface area contributed by atoms with Crippen LogP contribution in [0.25, 0.3) is 33.3 Å². The molecule has 3 aliphatic rings. The maximum Gasteiger partial charge on any atom is 0.355 e. The minimum absolute atomic E-state index is 0.0270. The molecule has 388 valence electrons. The van der Waals surface area contributed by atoms with Gasteiger partial charge in [-0.2, -0.15) is 19.0 Å². The summed E-state index contributed by atoms with van der Waals surface area (Å²) in [7, 11) is -3.34. The Labute approximate surface area is 422 Å². The van der Waals surface area contributed by atoms with Crippen molar-refractivity contribution in [3.05, 3.63) is 114 Å². The summed E-state index contributed by atoms with van der Waals surface area (Å²) in [6.45, 7) is 4.55. The Kier molecular flexibility index (Phi) is 14.3. The molecule has 25 heteroatoms. The largest absolute Gasteiger partial charge is 0.484 e. The standard InChI is InChI=1S/C49H53F3N14O7S/c1-27(28-6-9-31(50)10-7-28)73-39-22-29(8-11-36(39)61-74(71,72)49(51)52)43-42-44(62(2)60-43)35(24-57-45(42)54)30-23-58-65(25-30)33-15-19-63(20-16-33)18-14-32(53)26-64(55)21-17-56-37-5-3-4-34-41(37)48(70)66(47(34)69)38-12-13-40(67)59-46(38)68/h3-11,22-27,33,38,49,56,61H,12-21,53,55H2,1-2H3,(H2,54,57)(H,59,67,68)/b32-26-/t27-,38?/m0/s1. The molecule has 2 saturated heterocycles. The number of pyridine rings is 1. The number of halogens is 3. The lowest BCUT2D eigenvalue weighted by Crippen LogP contribution is -2.54. The smallest absolute Gasteiger partial charge is 0.355 e. The number of likely N-dealkylation sites (tertiary alicyclic amines) is 1. The molecule has 0 saturated carbocycles. The highest BCUT2D eigenvalue weighted by Gasteiger charge is 2.45. The van der Waals surface area contributed by atoms with Crippen molar-refractivity contribution in [2.24, 2.45) is 18.6 Å². The van der Waals surface area contributed by atoms with Crippen LogP contribution in [0.15, 0.2) is 91.2 Å². The van der Waals surface area contributed by atoms with Crippen molar-refractivity contribution in [1.29, 1.82) is 0 Å². The Morgan fingerprint density at radius 1 is 0.986 bits per heavy atom.